The number of aliphatic hydroxyl groups is 1. The third-order valence-electron chi connectivity index (χ3n) is 8.02. The summed E-state index contributed by atoms with van der Waals surface area (Å²) in [4.78, 5) is 39.8. The maximum atomic E-state index is 14.1. The smallest absolute Gasteiger partial charge is 0.255 e. The van der Waals surface area contributed by atoms with Crippen LogP contribution in [0.15, 0.2) is 54.6 Å². The Hall–Kier alpha value is -4.64. The van der Waals surface area contributed by atoms with Gasteiger partial charge in [0.15, 0.2) is 11.6 Å². The summed E-state index contributed by atoms with van der Waals surface area (Å²) in [6.07, 6.45) is 4.09. The highest BCUT2D eigenvalue weighted by atomic mass is 19.1. The number of anilines is 2. The van der Waals surface area contributed by atoms with Crippen LogP contribution in [-0.2, 0) is 0 Å². The van der Waals surface area contributed by atoms with E-state index in [9.17, 15) is 18.8 Å². The van der Waals surface area contributed by atoms with Gasteiger partial charge in [-0.25, -0.2) is 4.39 Å². The molecule has 3 aromatic carbocycles. The standard InChI is InChI=1S/C38H48FN3O7/c1-23(2)21-48-34-19-27(36(44)40-29-11-6-25(5)7-12-29)9-14-31(34)42-38(46)28-10-15-32(35(20-28)49-22-24(3)4)41-37(45)26-8-13-30(39)33(18-26)47-17-16-43/h8-10,13-15,18-20,23-25,29,43H,6-7,11-12,16-17,21-22H2,1-5H3,(H,40,44)(H,41,45)(H,42,46). The van der Waals surface area contributed by atoms with E-state index in [0.29, 0.717) is 41.8 Å². The van der Waals surface area contributed by atoms with Crippen molar-refractivity contribution in [3.05, 3.63) is 77.1 Å². The molecule has 1 fully saturated rings. The normalized spacial score (nSPS) is 15.9. The molecule has 264 valence electrons. The minimum absolute atomic E-state index is 0.122. The summed E-state index contributed by atoms with van der Waals surface area (Å²) in [5, 5.41) is 17.8. The third-order valence-corrected chi connectivity index (χ3v) is 8.02. The van der Waals surface area contributed by atoms with Gasteiger partial charge < -0.3 is 35.3 Å². The van der Waals surface area contributed by atoms with Crippen molar-refractivity contribution >= 4 is 29.1 Å². The van der Waals surface area contributed by atoms with Crippen molar-refractivity contribution in [1.82, 2.24) is 5.32 Å². The molecule has 0 spiro atoms. The van der Waals surface area contributed by atoms with Crippen LogP contribution in [0.4, 0.5) is 15.8 Å². The fourth-order valence-electron chi connectivity index (χ4n) is 5.26. The van der Waals surface area contributed by atoms with Crippen LogP contribution in [0.3, 0.4) is 0 Å². The van der Waals surface area contributed by atoms with E-state index in [2.05, 4.69) is 22.9 Å². The Morgan fingerprint density at radius 3 is 1.67 bits per heavy atom. The zero-order valence-electron chi connectivity index (χ0n) is 28.9. The molecule has 0 heterocycles. The lowest BCUT2D eigenvalue weighted by Gasteiger charge is -2.27. The lowest BCUT2D eigenvalue weighted by Crippen LogP contribution is -2.37. The van der Waals surface area contributed by atoms with Gasteiger partial charge in [-0.1, -0.05) is 34.6 Å². The molecule has 1 aliphatic rings. The lowest BCUT2D eigenvalue weighted by atomic mass is 9.87. The second kappa shape index (κ2) is 17.7. The molecule has 49 heavy (non-hydrogen) atoms. The predicted molar refractivity (Wildman–Crippen MR) is 187 cm³/mol. The molecule has 4 rings (SSSR count). The summed E-state index contributed by atoms with van der Waals surface area (Å²) in [6.45, 7) is 10.5. The second-order valence-electron chi connectivity index (χ2n) is 13.4. The van der Waals surface area contributed by atoms with Crippen molar-refractivity contribution in [2.45, 2.75) is 66.3 Å². The van der Waals surface area contributed by atoms with Gasteiger partial charge in [-0.05, 0) is 98.0 Å². The molecule has 0 atom stereocenters. The van der Waals surface area contributed by atoms with Crippen LogP contribution in [0.5, 0.6) is 17.2 Å². The monoisotopic (exact) mass is 677 g/mol. The Morgan fingerprint density at radius 2 is 1.18 bits per heavy atom. The quantitative estimate of drug-likeness (QED) is 0.135. The van der Waals surface area contributed by atoms with Crippen LogP contribution in [0, 0.1) is 23.6 Å². The zero-order valence-corrected chi connectivity index (χ0v) is 28.9. The van der Waals surface area contributed by atoms with Gasteiger partial charge in [0.05, 0.1) is 31.2 Å². The molecule has 1 aliphatic carbocycles. The van der Waals surface area contributed by atoms with Crippen LogP contribution in [0.1, 0.15) is 91.4 Å². The largest absolute Gasteiger partial charge is 0.491 e. The van der Waals surface area contributed by atoms with Gasteiger partial charge in [0.1, 0.15) is 18.1 Å². The van der Waals surface area contributed by atoms with Gasteiger partial charge in [0.2, 0.25) is 0 Å². The van der Waals surface area contributed by atoms with E-state index in [1.165, 1.54) is 18.2 Å². The first-order valence-electron chi connectivity index (χ1n) is 16.9. The number of ether oxygens (including phenoxy) is 3. The SMILES string of the molecule is CC(C)COc1cc(C(=O)Nc2ccc(C(=O)NC3CCC(C)CC3)cc2OCC(C)C)ccc1NC(=O)c1ccc(F)c(OCCO)c1. The molecule has 3 aromatic rings. The molecule has 1 saturated carbocycles. The van der Waals surface area contributed by atoms with Crippen molar-refractivity contribution in [3.8, 4) is 17.2 Å². The highest BCUT2D eigenvalue weighted by Gasteiger charge is 2.22. The first-order valence-corrected chi connectivity index (χ1v) is 16.9. The molecule has 0 radical (unpaired) electrons. The Labute approximate surface area is 287 Å². The number of nitrogens with one attached hydrogen (secondary N) is 3. The van der Waals surface area contributed by atoms with E-state index in [1.807, 2.05) is 27.7 Å². The lowest BCUT2D eigenvalue weighted by molar-refractivity contribution is 0.0921. The fourth-order valence-corrected chi connectivity index (χ4v) is 5.26. The molecule has 4 N–H and O–H groups in total. The number of hydrogen-bond acceptors (Lipinski definition) is 7. The van der Waals surface area contributed by atoms with E-state index < -0.39 is 17.6 Å². The topological polar surface area (TPSA) is 135 Å². The van der Waals surface area contributed by atoms with Gasteiger partial charge in [-0.3, -0.25) is 14.4 Å². The number of carbonyl (C=O) groups is 3. The number of amides is 3. The molecule has 0 unspecified atom stereocenters. The number of aliphatic hydroxyl groups excluding tert-OH is 1. The summed E-state index contributed by atoms with van der Waals surface area (Å²) in [5.74, 6) is -0.290. The van der Waals surface area contributed by atoms with Crippen LogP contribution in [0.25, 0.3) is 0 Å². The highest BCUT2D eigenvalue weighted by Crippen LogP contribution is 2.31. The van der Waals surface area contributed by atoms with Gasteiger partial charge in [0, 0.05) is 22.7 Å². The molecule has 0 aliphatic heterocycles. The van der Waals surface area contributed by atoms with Crippen molar-refractivity contribution < 1.29 is 38.1 Å². The molecule has 0 saturated heterocycles. The second-order valence-corrected chi connectivity index (χ2v) is 13.4. The summed E-state index contributed by atoms with van der Waals surface area (Å²) in [7, 11) is 0. The van der Waals surface area contributed by atoms with Crippen molar-refractivity contribution in [3.63, 3.8) is 0 Å². The molecule has 0 aromatic heterocycles. The van der Waals surface area contributed by atoms with Crippen LogP contribution >= 0.6 is 0 Å². The molecule has 11 heteroatoms. The Morgan fingerprint density at radius 1 is 0.714 bits per heavy atom. The summed E-state index contributed by atoms with van der Waals surface area (Å²) in [5.41, 5.74) is 1.57. The van der Waals surface area contributed by atoms with Crippen LogP contribution in [-0.4, -0.2) is 55.3 Å². The molecule has 0 bridgehead atoms. The number of benzene rings is 3. The average molecular weight is 678 g/mol. The van der Waals surface area contributed by atoms with Crippen LogP contribution in [0.2, 0.25) is 0 Å². The Kier molecular flexibility index (Phi) is 13.4. The van der Waals surface area contributed by atoms with E-state index >= 15 is 0 Å². The highest BCUT2D eigenvalue weighted by molar-refractivity contribution is 6.08. The van der Waals surface area contributed by atoms with Gasteiger partial charge >= 0.3 is 0 Å². The maximum absolute atomic E-state index is 14.1. The minimum atomic E-state index is -0.661. The predicted octanol–water partition coefficient (Wildman–Crippen LogP) is 7.08. The maximum Gasteiger partial charge on any atom is 0.255 e. The first kappa shape index (κ1) is 37.2. The molecule has 3 amide bonds. The number of halogens is 1. The number of carbonyl (C=O) groups excluding carboxylic acids is 3. The van der Waals surface area contributed by atoms with Crippen molar-refractivity contribution in [2.75, 3.05) is 37.1 Å². The summed E-state index contributed by atoms with van der Waals surface area (Å²) < 4.78 is 31.4. The fraction of sp³-hybridized carbons (Fsp3) is 0.447. The van der Waals surface area contributed by atoms with E-state index in [4.69, 9.17) is 19.3 Å². The minimum Gasteiger partial charge on any atom is -0.491 e. The van der Waals surface area contributed by atoms with E-state index in [1.54, 1.807) is 30.3 Å². The number of rotatable bonds is 15. The summed E-state index contributed by atoms with van der Waals surface area (Å²) in [6, 6.07) is 13.5. The molecular weight excluding hydrogens is 629 g/mol. The third kappa shape index (κ3) is 10.9. The van der Waals surface area contributed by atoms with E-state index in [0.717, 1.165) is 31.7 Å². The Balaban J connectivity index is 1.54. The first-order chi connectivity index (χ1) is 23.4. The average Bonchev–Trinajstić information content (AvgIpc) is 3.07. The molecule has 10 nitrogen and oxygen atoms in total. The van der Waals surface area contributed by atoms with E-state index in [-0.39, 0.29) is 59.6 Å². The zero-order chi connectivity index (χ0) is 35.5. The van der Waals surface area contributed by atoms with Gasteiger partial charge in [-0.15, -0.1) is 0 Å². The number of hydrogen-bond donors (Lipinski definition) is 4. The van der Waals surface area contributed by atoms with Crippen molar-refractivity contribution in [1.29, 1.82) is 0 Å². The van der Waals surface area contributed by atoms with Crippen LogP contribution < -0.4 is 30.2 Å². The van der Waals surface area contributed by atoms with Gasteiger partial charge in [-0.2, -0.15) is 0 Å². The Bertz CT molecular complexity index is 1600. The van der Waals surface area contributed by atoms with Gasteiger partial charge in [0.25, 0.3) is 17.7 Å². The summed E-state index contributed by atoms with van der Waals surface area (Å²) >= 11 is 0. The molecular formula is C38H48FN3O7. The van der Waals surface area contributed by atoms with Crippen molar-refractivity contribution in [2.24, 2.45) is 17.8 Å².